The van der Waals surface area contributed by atoms with E-state index in [1.807, 2.05) is 0 Å². The number of unbranched alkanes of at least 4 members (excludes halogenated alkanes) is 2. The minimum atomic E-state index is -1.20. The molecule has 2 fully saturated rings. The molecule has 2 heterocycles. The van der Waals surface area contributed by atoms with Crippen LogP contribution in [0.25, 0.3) is 0 Å². The van der Waals surface area contributed by atoms with E-state index in [-0.39, 0.29) is 24.8 Å². The van der Waals surface area contributed by atoms with Crippen LogP contribution in [0.2, 0.25) is 41.9 Å². The van der Waals surface area contributed by atoms with Gasteiger partial charge < -0.3 is 24.8 Å². The van der Waals surface area contributed by atoms with Gasteiger partial charge in [0.2, 0.25) is 0 Å². The average Bonchev–Trinajstić information content (AvgIpc) is 3.32. The molecule has 184 valence electrons. The van der Waals surface area contributed by atoms with E-state index in [4.69, 9.17) is 0 Å². The summed E-state index contributed by atoms with van der Waals surface area (Å²) in [4.78, 5) is 0. The Morgan fingerprint density at radius 2 is 1.09 bits per heavy atom. The maximum absolute atomic E-state index is 2.95. The maximum Gasteiger partial charge on any atom is -1.00 e. The van der Waals surface area contributed by atoms with Gasteiger partial charge in [0.15, 0.2) is 0 Å². The number of halogens is 2. The molecule has 2 aliphatic heterocycles. The summed E-state index contributed by atoms with van der Waals surface area (Å²) >= 11 is -1.03. The molecule has 2 unspecified atom stereocenters. The topological polar surface area (TPSA) is 0 Å². The van der Waals surface area contributed by atoms with E-state index in [1.165, 1.54) is 38.5 Å². The van der Waals surface area contributed by atoms with Crippen molar-refractivity contribution in [3.8, 4) is 0 Å². The van der Waals surface area contributed by atoms with Gasteiger partial charge in [-0.25, -0.2) is 0 Å². The molecule has 33 heavy (non-hydrogen) atoms. The summed E-state index contributed by atoms with van der Waals surface area (Å²) in [5.41, 5.74) is 3.38. The molecule has 0 radical (unpaired) electrons. The van der Waals surface area contributed by atoms with Crippen molar-refractivity contribution in [1.29, 1.82) is 0 Å². The van der Waals surface area contributed by atoms with Crippen LogP contribution < -0.4 is 24.8 Å². The molecule has 4 aliphatic rings. The molecule has 0 saturated carbocycles. The summed E-state index contributed by atoms with van der Waals surface area (Å²) in [6, 6.07) is 9.83. The van der Waals surface area contributed by atoms with Gasteiger partial charge in [0.05, 0.1) is 0 Å². The van der Waals surface area contributed by atoms with Gasteiger partial charge in [-0.3, -0.25) is 0 Å². The second kappa shape index (κ2) is 12.4. The quantitative estimate of drug-likeness (QED) is 0.276. The van der Waals surface area contributed by atoms with E-state index < -0.39 is 39.1 Å². The van der Waals surface area contributed by atoms with Crippen LogP contribution in [0.1, 0.15) is 79.1 Å². The number of hydrogen-bond acceptors (Lipinski definition) is 0. The van der Waals surface area contributed by atoms with Gasteiger partial charge in [-0.05, 0) is 0 Å². The molecule has 0 aromatic carbocycles. The molecule has 0 bridgehead atoms. The summed E-state index contributed by atoms with van der Waals surface area (Å²) in [6.07, 6.45) is 28.3. The normalized spacial score (nSPS) is 30.3. The van der Waals surface area contributed by atoms with Crippen LogP contribution in [0, 0.1) is 0 Å². The predicted octanol–water partition coefficient (Wildman–Crippen LogP) is 3.59. The first kappa shape index (κ1) is 30.1. The molecule has 0 spiro atoms. The van der Waals surface area contributed by atoms with E-state index in [1.54, 1.807) is 60.3 Å². The Kier molecular flexibility index (Phi) is 11.3. The van der Waals surface area contributed by atoms with Crippen molar-refractivity contribution in [3.63, 3.8) is 0 Å². The summed E-state index contributed by atoms with van der Waals surface area (Å²) in [5.74, 6) is 0. The van der Waals surface area contributed by atoms with Crippen LogP contribution >= 0.6 is 0 Å². The number of hydrogen-bond donors (Lipinski definition) is 0. The smallest absolute Gasteiger partial charge is 1.00 e. The molecule has 0 aromatic heterocycles. The molecule has 5 heteroatoms. The summed E-state index contributed by atoms with van der Waals surface area (Å²) in [5, 5.41) is 0. The second-order valence-corrected chi connectivity index (χ2v) is 31.4. The van der Waals surface area contributed by atoms with Gasteiger partial charge in [-0.2, -0.15) is 0 Å². The molecule has 0 aromatic rings. The third-order valence-electron chi connectivity index (χ3n) is 9.57. The van der Waals surface area contributed by atoms with Crippen LogP contribution in [-0.2, 0) is 22.9 Å². The Morgan fingerprint density at radius 3 is 1.33 bits per heavy atom. The molecule has 2 atom stereocenters. The van der Waals surface area contributed by atoms with Crippen LogP contribution in [-0.4, -0.2) is 16.1 Å². The average molecular weight is 688 g/mol. The van der Waals surface area contributed by atoms with E-state index in [0.29, 0.717) is 5.59 Å². The van der Waals surface area contributed by atoms with Gasteiger partial charge in [0.25, 0.3) is 0 Å². The Hall–Kier alpha value is 0.844. The molecular weight excluding hydrogens is 642 g/mol. The zero-order chi connectivity index (χ0) is 22.0. The summed E-state index contributed by atoms with van der Waals surface area (Å²) < 4.78 is 1.27. The van der Waals surface area contributed by atoms with Crippen LogP contribution in [0.15, 0.2) is 47.6 Å². The van der Waals surface area contributed by atoms with Gasteiger partial charge in [0.1, 0.15) is 0 Å². The molecule has 4 rings (SSSR count). The Morgan fingerprint density at radius 1 is 0.697 bits per heavy atom. The van der Waals surface area contributed by atoms with Crippen molar-refractivity contribution < 1.29 is 47.7 Å². The zero-order valence-electron chi connectivity index (χ0n) is 21.6. The monoisotopic (exact) mass is 688 g/mol. The van der Waals surface area contributed by atoms with E-state index in [0.717, 1.165) is 0 Å². The van der Waals surface area contributed by atoms with Crippen LogP contribution in [0.4, 0.5) is 0 Å². The summed E-state index contributed by atoms with van der Waals surface area (Å²) in [6.45, 7) is 9.63. The molecule has 0 nitrogen and oxygen atoms in total. The molecule has 0 amide bonds. The van der Waals surface area contributed by atoms with Crippen molar-refractivity contribution in [2.24, 2.45) is 0 Å². The summed E-state index contributed by atoms with van der Waals surface area (Å²) in [7, 11) is -2.40. The zero-order valence-corrected chi connectivity index (χ0v) is 28.7. The maximum atomic E-state index is 2.95. The molecule has 2 aliphatic carbocycles. The van der Waals surface area contributed by atoms with E-state index in [9.17, 15) is 0 Å². The second-order valence-electron chi connectivity index (χ2n) is 11.2. The molecule has 2 saturated heterocycles. The molecule has 0 N–H and O–H groups in total. The first-order valence-corrected chi connectivity index (χ1v) is 22.5. The van der Waals surface area contributed by atoms with Crippen LogP contribution in [0.5, 0.6) is 0 Å². The SMILES string of the molecule is CCCC[Si]1([C]2([Hf+2][C]3([Si]4(CCCC)CCC4)C=CC(CC)=C3)C=CC(CC)=C2)CCC1.[Cl-].[Cl-]. The van der Waals surface area contributed by atoms with Gasteiger partial charge in [-0.15, -0.1) is 0 Å². The van der Waals surface area contributed by atoms with Crippen molar-refractivity contribution in [3.05, 3.63) is 47.6 Å². The number of rotatable bonds is 12. The van der Waals surface area contributed by atoms with Crippen LogP contribution in [0.3, 0.4) is 0 Å². The van der Waals surface area contributed by atoms with Crippen molar-refractivity contribution in [1.82, 2.24) is 0 Å². The minimum absolute atomic E-state index is 0. The minimum Gasteiger partial charge on any atom is -1.00 e. The van der Waals surface area contributed by atoms with Crippen molar-refractivity contribution >= 4 is 16.1 Å². The van der Waals surface area contributed by atoms with Crippen molar-refractivity contribution in [2.45, 2.75) is 121 Å². The number of allylic oxidation sites excluding steroid dienone is 8. The Balaban J connectivity index is 0.00000193. The van der Waals surface area contributed by atoms with Gasteiger partial charge in [-0.1, -0.05) is 0 Å². The van der Waals surface area contributed by atoms with Gasteiger partial charge in [0, 0.05) is 0 Å². The Bertz CT molecular complexity index is 715. The fourth-order valence-electron chi connectivity index (χ4n) is 7.10. The first-order chi connectivity index (χ1) is 15.0. The van der Waals surface area contributed by atoms with E-state index >= 15 is 0 Å². The Labute approximate surface area is 230 Å². The van der Waals surface area contributed by atoms with E-state index in [2.05, 4.69) is 64.2 Å². The molecular formula is C28H46Cl2HfSi2. The largest absolute Gasteiger partial charge is 1.00 e. The predicted molar refractivity (Wildman–Crippen MR) is 140 cm³/mol. The van der Waals surface area contributed by atoms with Crippen molar-refractivity contribution in [2.75, 3.05) is 0 Å². The third-order valence-corrected chi connectivity index (χ3v) is 40.3. The standard InChI is InChI=1S/2C14H23Si.2ClH.Hf/c2*1-3-5-9-15(10-6-11-15)14-8-7-13(4-2)12-14;;;/h2*7-8,12H,3-6,9-11H2,1-2H3;2*1H;/q;;;;+2/p-2. The fraction of sp³-hybridized carbons (Fsp3) is 0.714. The third kappa shape index (κ3) is 5.29. The van der Waals surface area contributed by atoms with Gasteiger partial charge >= 0.3 is 208 Å². The fourth-order valence-corrected chi connectivity index (χ4v) is 41.2. The first-order valence-electron chi connectivity index (χ1n) is 13.6.